The van der Waals surface area contributed by atoms with Crippen molar-refractivity contribution in [3.05, 3.63) is 102 Å². The van der Waals surface area contributed by atoms with Crippen LogP contribution < -0.4 is 9.80 Å². The topological polar surface area (TPSA) is 49.3 Å². The summed E-state index contributed by atoms with van der Waals surface area (Å²) in [7, 11) is 0. The number of pyridine rings is 2. The molecule has 0 spiro atoms. The Morgan fingerprint density at radius 1 is 0.793 bits per heavy atom. The lowest BCUT2D eigenvalue weighted by Gasteiger charge is -2.31. The summed E-state index contributed by atoms with van der Waals surface area (Å²) in [6.07, 6.45) is 3.36. The number of para-hydroxylation sites is 1. The Balaban J connectivity index is 1.83. The number of benzene rings is 1. The number of carbonyl (C=O) groups is 1. The van der Waals surface area contributed by atoms with Crippen LogP contribution >= 0.6 is 23.6 Å². The van der Waals surface area contributed by atoms with Gasteiger partial charge in [-0.25, -0.2) is 9.97 Å². The lowest BCUT2D eigenvalue weighted by atomic mass is 10.2. The maximum Gasteiger partial charge on any atom is 0.274 e. The van der Waals surface area contributed by atoms with Crippen LogP contribution in [0.4, 0.5) is 17.3 Å². The Bertz CT molecular complexity index is 1050. The highest BCUT2D eigenvalue weighted by molar-refractivity contribution is 7.81. The van der Waals surface area contributed by atoms with Gasteiger partial charge in [0, 0.05) is 12.4 Å². The van der Waals surface area contributed by atoms with Crippen molar-refractivity contribution < 1.29 is 4.79 Å². The average molecular weight is 417 g/mol. The largest absolute Gasteiger partial charge is 0.274 e. The summed E-state index contributed by atoms with van der Waals surface area (Å²) in [5.41, 5.74) is 0.674. The van der Waals surface area contributed by atoms with Crippen LogP contribution in [0.25, 0.3) is 0 Å². The minimum atomic E-state index is -0.201. The second kappa shape index (κ2) is 8.72. The average Bonchev–Trinajstić information content (AvgIpc) is 3.31. The molecule has 0 N–H and O–H groups in total. The van der Waals surface area contributed by atoms with Gasteiger partial charge in [0.25, 0.3) is 5.91 Å². The molecule has 1 amide bonds. The summed E-state index contributed by atoms with van der Waals surface area (Å²) in [6, 6.07) is 24.1. The van der Waals surface area contributed by atoms with Gasteiger partial charge in [0.2, 0.25) is 0 Å². The first kappa shape index (κ1) is 18.9. The molecule has 0 saturated heterocycles. The predicted molar refractivity (Wildman–Crippen MR) is 121 cm³/mol. The molecule has 0 fully saturated rings. The fraction of sp³-hybridized carbons (Fsp3) is 0. The van der Waals surface area contributed by atoms with Crippen LogP contribution in [0, 0.1) is 0 Å². The highest BCUT2D eigenvalue weighted by Gasteiger charge is 2.29. The van der Waals surface area contributed by atoms with Gasteiger partial charge in [-0.15, -0.1) is 11.3 Å². The van der Waals surface area contributed by atoms with Gasteiger partial charge in [-0.2, -0.15) is 0 Å². The zero-order valence-electron chi connectivity index (χ0n) is 15.3. The minimum Gasteiger partial charge on any atom is -0.267 e. The van der Waals surface area contributed by atoms with Crippen molar-refractivity contribution in [3.63, 3.8) is 0 Å². The number of anilines is 3. The summed E-state index contributed by atoms with van der Waals surface area (Å²) in [5, 5.41) is 2.14. The molecule has 0 aliphatic rings. The number of rotatable bonds is 4. The number of hydrogen-bond acceptors (Lipinski definition) is 5. The van der Waals surface area contributed by atoms with E-state index in [1.54, 1.807) is 23.4 Å². The van der Waals surface area contributed by atoms with Gasteiger partial charge in [0.15, 0.2) is 5.11 Å². The van der Waals surface area contributed by atoms with E-state index in [1.807, 2.05) is 78.2 Å². The van der Waals surface area contributed by atoms with Crippen LogP contribution in [-0.2, 0) is 0 Å². The fourth-order valence-electron chi connectivity index (χ4n) is 2.79. The standard InChI is InChI=1S/C22H16N4OS2/c27-21(18-11-8-16-29-18)25(17-9-2-1-3-10-17)22(28)26(19-12-4-6-14-23-19)20-13-5-7-15-24-20/h1-16H. The quantitative estimate of drug-likeness (QED) is 0.422. The third kappa shape index (κ3) is 4.06. The van der Waals surface area contributed by atoms with Crippen LogP contribution in [0.5, 0.6) is 0 Å². The first-order chi connectivity index (χ1) is 14.3. The SMILES string of the molecule is O=C(c1cccs1)N(C(=S)N(c1ccccn1)c1ccccn1)c1ccccc1. The van der Waals surface area contributed by atoms with E-state index in [2.05, 4.69) is 9.97 Å². The minimum absolute atomic E-state index is 0.201. The number of amides is 1. The Labute approximate surface area is 177 Å². The second-order valence-electron chi connectivity index (χ2n) is 5.95. The van der Waals surface area contributed by atoms with Crippen LogP contribution in [0.2, 0.25) is 0 Å². The molecule has 1 aromatic carbocycles. The van der Waals surface area contributed by atoms with Crippen LogP contribution in [-0.4, -0.2) is 21.0 Å². The fourth-order valence-corrected chi connectivity index (χ4v) is 3.82. The molecule has 3 aromatic heterocycles. The van der Waals surface area contributed by atoms with Crippen molar-refractivity contribution in [2.75, 3.05) is 9.80 Å². The normalized spacial score (nSPS) is 10.3. The smallest absolute Gasteiger partial charge is 0.267 e. The zero-order valence-corrected chi connectivity index (χ0v) is 16.9. The zero-order chi connectivity index (χ0) is 20.1. The van der Waals surface area contributed by atoms with Crippen LogP contribution in [0.1, 0.15) is 9.67 Å². The molecule has 0 unspecified atom stereocenters. The van der Waals surface area contributed by atoms with Gasteiger partial charge in [-0.3, -0.25) is 14.6 Å². The number of aromatic nitrogens is 2. The van der Waals surface area contributed by atoms with Gasteiger partial charge < -0.3 is 0 Å². The number of thiocarbonyl (C=S) groups is 1. The molecular formula is C22H16N4OS2. The van der Waals surface area contributed by atoms with E-state index in [0.29, 0.717) is 22.2 Å². The number of carbonyl (C=O) groups excluding carboxylic acids is 1. The predicted octanol–water partition coefficient (Wildman–Crippen LogP) is 5.31. The van der Waals surface area contributed by atoms with E-state index in [-0.39, 0.29) is 11.0 Å². The van der Waals surface area contributed by atoms with Gasteiger partial charge >= 0.3 is 0 Å². The van der Waals surface area contributed by atoms with Gasteiger partial charge in [-0.05, 0) is 60.1 Å². The van der Waals surface area contributed by atoms with Crippen molar-refractivity contribution >= 4 is 51.9 Å². The van der Waals surface area contributed by atoms with Crippen molar-refractivity contribution in [3.8, 4) is 0 Å². The monoisotopic (exact) mass is 416 g/mol. The molecule has 7 heteroatoms. The Morgan fingerprint density at radius 3 is 1.93 bits per heavy atom. The molecule has 0 aliphatic carbocycles. The molecule has 29 heavy (non-hydrogen) atoms. The molecule has 0 radical (unpaired) electrons. The first-order valence-corrected chi connectivity index (χ1v) is 10.1. The van der Waals surface area contributed by atoms with E-state index >= 15 is 0 Å². The Kier molecular flexibility index (Phi) is 5.69. The molecular weight excluding hydrogens is 400 g/mol. The summed E-state index contributed by atoms with van der Waals surface area (Å²) in [4.78, 5) is 26.1. The van der Waals surface area contributed by atoms with E-state index in [0.717, 1.165) is 0 Å². The van der Waals surface area contributed by atoms with Crippen LogP contribution in [0.15, 0.2) is 96.6 Å². The summed E-state index contributed by atoms with van der Waals surface area (Å²) >= 11 is 7.22. The van der Waals surface area contributed by atoms with Crippen molar-refractivity contribution in [2.24, 2.45) is 0 Å². The molecule has 4 aromatic rings. The molecule has 4 rings (SSSR count). The highest BCUT2D eigenvalue weighted by Crippen LogP contribution is 2.27. The summed E-state index contributed by atoms with van der Waals surface area (Å²) in [6.45, 7) is 0. The third-order valence-electron chi connectivity index (χ3n) is 4.09. The Hall–Kier alpha value is -3.42. The molecule has 0 saturated carbocycles. The lowest BCUT2D eigenvalue weighted by molar-refractivity contribution is 0.101. The lowest BCUT2D eigenvalue weighted by Crippen LogP contribution is -2.45. The van der Waals surface area contributed by atoms with Crippen molar-refractivity contribution in [1.29, 1.82) is 0 Å². The second-order valence-corrected chi connectivity index (χ2v) is 7.26. The molecule has 0 atom stereocenters. The summed E-state index contributed by atoms with van der Waals surface area (Å²) < 4.78 is 0. The van der Waals surface area contributed by atoms with Gasteiger partial charge in [-0.1, -0.05) is 36.4 Å². The maximum absolute atomic E-state index is 13.4. The maximum atomic E-state index is 13.4. The number of hydrogen-bond donors (Lipinski definition) is 0. The first-order valence-electron chi connectivity index (χ1n) is 8.85. The third-order valence-corrected chi connectivity index (χ3v) is 5.31. The van der Waals surface area contributed by atoms with Crippen molar-refractivity contribution in [2.45, 2.75) is 0 Å². The van der Waals surface area contributed by atoms with E-state index in [1.165, 1.54) is 16.2 Å². The van der Waals surface area contributed by atoms with Crippen molar-refractivity contribution in [1.82, 2.24) is 9.97 Å². The van der Waals surface area contributed by atoms with Crippen LogP contribution in [0.3, 0.4) is 0 Å². The molecule has 142 valence electrons. The summed E-state index contributed by atoms with van der Waals surface area (Å²) in [5.74, 6) is 0.959. The highest BCUT2D eigenvalue weighted by atomic mass is 32.1. The molecule has 0 aliphatic heterocycles. The van der Waals surface area contributed by atoms with E-state index < -0.39 is 0 Å². The number of nitrogens with zero attached hydrogens (tertiary/aromatic N) is 4. The van der Waals surface area contributed by atoms with E-state index in [9.17, 15) is 4.79 Å². The molecule has 3 heterocycles. The molecule has 0 bridgehead atoms. The van der Waals surface area contributed by atoms with E-state index in [4.69, 9.17) is 12.2 Å². The Morgan fingerprint density at radius 2 is 1.41 bits per heavy atom. The molecule has 5 nitrogen and oxygen atoms in total. The van der Waals surface area contributed by atoms with Gasteiger partial charge in [0.05, 0.1) is 10.6 Å². The van der Waals surface area contributed by atoms with Gasteiger partial charge in [0.1, 0.15) is 11.6 Å². The number of thiophene rings is 1.